The van der Waals surface area contributed by atoms with Gasteiger partial charge in [-0.25, -0.2) is 4.39 Å². The molecule has 124 valence electrons. The Morgan fingerprint density at radius 2 is 1.80 bits per heavy atom. The van der Waals surface area contributed by atoms with Gasteiger partial charge in [0.1, 0.15) is 11.4 Å². The zero-order chi connectivity index (χ0) is 17.2. The molecule has 0 radical (unpaired) electrons. The molecule has 4 aromatic rings. The van der Waals surface area contributed by atoms with E-state index in [2.05, 4.69) is 5.32 Å². The SMILES string of the molecule is O=C(Cc1coc2ccc3ccccc3c12)NCc1ccc(F)cc1. The van der Waals surface area contributed by atoms with Crippen molar-refractivity contribution in [1.82, 2.24) is 5.32 Å². The maximum Gasteiger partial charge on any atom is 0.224 e. The number of hydrogen-bond donors (Lipinski definition) is 1. The molecule has 0 atom stereocenters. The Labute approximate surface area is 144 Å². The minimum absolute atomic E-state index is 0.0973. The van der Waals surface area contributed by atoms with Crippen LogP contribution < -0.4 is 5.32 Å². The third kappa shape index (κ3) is 3.11. The van der Waals surface area contributed by atoms with Gasteiger partial charge in [-0.2, -0.15) is 0 Å². The van der Waals surface area contributed by atoms with Crippen LogP contribution >= 0.6 is 0 Å². The molecule has 0 aliphatic heterocycles. The van der Waals surface area contributed by atoms with Gasteiger partial charge in [0.15, 0.2) is 0 Å². The summed E-state index contributed by atoms with van der Waals surface area (Å²) in [6.45, 7) is 0.371. The molecule has 0 aliphatic carbocycles. The number of nitrogens with one attached hydrogen (secondary N) is 1. The molecule has 1 N–H and O–H groups in total. The van der Waals surface area contributed by atoms with Gasteiger partial charge >= 0.3 is 0 Å². The zero-order valence-corrected chi connectivity index (χ0v) is 13.5. The Morgan fingerprint density at radius 1 is 1.00 bits per heavy atom. The third-order valence-corrected chi connectivity index (χ3v) is 4.29. The standard InChI is InChI=1S/C21H16FNO2/c22-17-8-5-14(6-9-17)12-23-20(24)11-16-13-25-19-10-7-15-3-1-2-4-18(15)21(16)19/h1-10,13H,11-12H2,(H,23,24). The van der Waals surface area contributed by atoms with Gasteiger partial charge in [-0.15, -0.1) is 0 Å². The van der Waals surface area contributed by atoms with Crippen LogP contribution in [0.2, 0.25) is 0 Å². The van der Waals surface area contributed by atoms with E-state index in [1.165, 1.54) is 12.1 Å². The first kappa shape index (κ1) is 15.4. The highest BCUT2D eigenvalue weighted by Crippen LogP contribution is 2.30. The molecule has 0 spiro atoms. The van der Waals surface area contributed by atoms with Gasteiger partial charge in [-0.05, 0) is 34.5 Å². The fraction of sp³-hybridized carbons (Fsp3) is 0.0952. The molecule has 3 nitrogen and oxygen atoms in total. The molecule has 0 saturated heterocycles. The Hall–Kier alpha value is -3.14. The van der Waals surface area contributed by atoms with Crippen LogP contribution in [0.15, 0.2) is 71.3 Å². The summed E-state index contributed by atoms with van der Waals surface area (Å²) in [6.07, 6.45) is 1.89. The highest BCUT2D eigenvalue weighted by Gasteiger charge is 2.13. The fourth-order valence-corrected chi connectivity index (χ4v) is 3.04. The summed E-state index contributed by atoms with van der Waals surface area (Å²) < 4.78 is 18.5. The van der Waals surface area contributed by atoms with Gasteiger partial charge in [-0.3, -0.25) is 4.79 Å². The molecule has 0 unspecified atom stereocenters. The maximum atomic E-state index is 12.9. The molecule has 0 fully saturated rings. The second kappa shape index (κ2) is 6.40. The molecule has 4 rings (SSSR count). The van der Waals surface area contributed by atoms with Crippen LogP contribution in [0.5, 0.6) is 0 Å². The first-order chi connectivity index (χ1) is 12.2. The number of carbonyl (C=O) groups is 1. The lowest BCUT2D eigenvalue weighted by Crippen LogP contribution is -2.24. The zero-order valence-electron chi connectivity index (χ0n) is 13.5. The summed E-state index contributed by atoms with van der Waals surface area (Å²) in [7, 11) is 0. The highest BCUT2D eigenvalue weighted by molar-refractivity contribution is 6.08. The Kier molecular flexibility index (Phi) is 3.94. The number of halogens is 1. The van der Waals surface area contributed by atoms with E-state index in [9.17, 15) is 9.18 Å². The summed E-state index contributed by atoms with van der Waals surface area (Å²) in [5, 5.41) is 6.04. The van der Waals surface area contributed by atoms with E-state index < -0.39 is 0 Å². The molecular weight excluding hydrogens is 317 g/mol. The van der Waals surface area contributed by atoms with Crippen LogP contribution in [-0.2, 0) is 17.8 Å². The van der Waals surface area contributed by atoms with Crippen molar-refractivity contribution in [2.24, 2.45) is 0 Å². The summed E-state index contributed by atoms with van der Waals surface area (Å²) in [5.41, 5.74) is 2.50. The largest absolute Gasteiger partial charge is 0.464 e. The quantitative estimate of drug-likeness (QED) is 0.594. The smallest absolute Gasteiger partial charge is 0.224 e. The number of rotatable bonds is 4. The van der Waals surface area contributed by atoms with Crippen molar-refractivity contribution in [1.29, 1.82) is 0 Å². The number of benzene rings is 3. The minimum atomic E-state index is -0.285. The van der Waals surface area contributed by atoms with E-state index >= 15 is 0 Å². The second-order valence-electron chi connectivity index (χ2n) is 6.00. The van der Waals surface area contributed by atoms with Gasteiger partial charge in [0.2, 0.25) is 5.91 Å². The predicted octanol–water partition coefficient (Wildman–Crippen LogP) is 4.58. The van der Waals surface area contributed by atoms with Crippen LogP contribution in [0.25, 0.3) is 21.7 Å². The lowest BCUT2D eigenvalue weighted by Gasteiger charge is -2.06. The molecule has 0 aliphatic rings. The van der Waals surface area contributed by atoms with Crippen LogP contribution in [0.3, 0.4) is 0 Å². The minimum Gasteiger partial charge on any atom is -0.464 e. The molecule has 1 aromatic heterocycles. The van der Waals surface area contributed by atoms with Crippen LogP contribution in [0.4, 0.5) is 4.39 Å². The van der Waals surface area contributed by atoms with Gasteiger partial charge in [0.25, 0.3) is 0 Å². The molecule has 1 amide bonds. The van der Waals surface area contributed by atoms with Crippen LogP contribution in [-0.4, -0.2) is 5.91 Å². The van der Waals surface area contributed by atoms with Crippen LogP contribution in [0.1, 0.15) is 11.1 Å². The highest BCUT2D eigenvalue weighted by atomic mass is 19.1. The van der Waals surface area contributed by atoms with E-state index in [-0.39, 0.29) is 18.1 Å². The Balaban J connectivity index is 1.55. The van der Waals surface area contributed by atoms with Crippen molar-refractivity contribution in [3.63, 3.8) is 0 Å². The van der Waals surface area contributed by atoms with E-state index in [1.54, 1.807) is 18.4 Å². The van der Waals surface area contributed by atoms with E-state index in [4.69, 9.17) is 4.42 Å². The Morgan fingerprint density at radius 3 is 2.64 bits per heavy atom. The number of hydrogen-bond acceptors (Lipinski definition) is 2. The number of amides is 1. The number of furan rings is 1. The van der Waals surface area contributed by atoms with Gasteiger partial charge in [0, 0.05) is 17.5 Å². The van der Waals surface area contributed by atoms with Crippen molar-refractivity contribution in [2.45, 2.75) is 13.0 Å². The summed E-state index contributed by atoms with van der Waals surface area (Å²) in [6, 6.07) is 18.1. The lowest BCUT2D eigenvalue weighted by atomic mass is 10.0. The topological polar surface area (TPSA) is 42.2 Å². The first-order valence-corrected chi connectivity index (χ1v) is 8.10. The lowest BCUT2D eigenvalue weighted by molar-refractivity contribution is -0.120. The predicted molar refractivity (Wildman–Crippen MR) is 95.7 cm³/mol. The molecule has 0 saturated carbocycles. The molecule has 1 heterocycles. The van der Waals surface area contributed by atoms with Gasteiger partial charge < -0.3 is 9.73 Å². The Bertz CT molecular complexity index is 1050. The van der Waals surface area contributed by atoms with Crippen molar-refractivity contribution in [3.05, 3.63) is 83.9 Å². The van der Waals surface area contributed by atoms with Crippen molar-refractivity contribution >= 4 is 27.6 Å². The normalized spacial score (nSPS) is 11.1. The molecule has 3 aromatic carbocycles. The average Bonchev–Trinajstić information content (AvgIpc) is 3.04. The molecule has 0 bridgehead atoms. The number of carbonyl (C=O) groups excluding carboxylic acids is 1. The first-order valence-electron chi connectivity index (χ1n) is 8.10. The summed E-state index contributed by atoms with van der Waals surface area (Å²) in [5.74, 6) is -0.383. The van der Waals surface area contributed by atoms with Gasteiger partial charge in [0.05, 0.1) is 12.7 Å². The summed E-state index contributed by atoms with van der Waals surface area (Å²) >= 11 is 0. The van der Waals surface area contributed by atoms with Crippen molar-refractivity contribution in [2.75, 3.05) is 0 Å². The second-order valence-corrected chi connectivity index (χ2v) is 6.00. The van der Waals surface area contributed by atoms with E-state index in [0.29, 0.717) is 6.54 Å². The third-order valence-electron chi connectivity index (χ3n) is 4.29. The monoisotopic (exact) mass is 333 g/mol. The van der Waals surface area contributed by atoms with Crippen molar-refractivity contribution < 1.29 is 13.6 Å². The van der Waals surface area contributed by atoms with Crippen LogP contribution in [0, 0.1) is 5.82 Å². The van der Waals surface area contributed by atoms with Gasteiger partial charge in [-0.1, -0.05) is 42.5 Å². The molecule has 25 heavy (non-hydrogen) atoms. The maximum absolute atomic E-state index is 12.9. The summed E-state index contributed by atoms with van der Waals surface area (Å²) in [4.78, 5) is 12.3. The fourth-order valence-electron chi connectivity index (χ4n) is 3.04. The molecular formula is C21H16FNO2. The number of fused-ring (bicyclic) bond motifs is 3. The van der Waals surface area contributed by atoms with E-state index in [0.717, 1.165) is 32.9 Å². The average molecular weight is 333 g/mol. The van der Waals surface area contributed by atoms with E-state index in [1.807, 2.05) is 36.4 Å². The van der Waals surface area contributed by atoms with Crippen molar-refractivity contribution in [3.8, 4) is 0 Å². The molecule has 4 heteroatoms.